The van der Waals surface area contributed by atoms with Gasteiger partial charge in [0, 0.05) is 43.4 Å². The van der Waals surface area contributed by atoms with E-state index in [1.165, 1.54) is 77.0 Å². The van der Waals surface area contributed by atoms with E-state index in [4.69, 9.17) is 23.3 Å². The highest BCUT2D eigenvalue weighted by Gasteiger charge is 2.27. The first kappa shape index (κ1) is 70.8. The zero-order valence-corrected chi connectivity index (χ0v) is 49.6. The van der Waals surface area contributed by atoms with E-state index in [9.17, 15) is 33.4 Å². The first-order valence-corrected chi connectivity index (χ1v) is 31.4. The van der Waals surface area contributed by atoms with Gasteiger partial charge in [-0.1, -0.05) is 183 Å². The Bertz CT molecular complexity index is 2210. The molecular weight excluding hydrogens is 1040 g/mol. The number of para-hydroxylation sites is 1. The van der Waals surface area contributed by atoms with Crippen molar-refractivity contribution in [3.05, 3.63) is 89.5 Å². The van der Waals surface area contributed by atoms with Gasteiger partial charge < -0.3 is 40.8 Å². The number of alkyl carbamates (subject to hydrolysis) is 1. The average molecular weight is 1140 g/mol. The number of fused-ring (bicyclic) bond motifs is 2. The summed E-state index contributed by atoms with van der Waals surface area (Å²) in [7, 11) is -4.71. The molecule has 3 rings (SSSR count). The number of carbonyl (C=O) groups excluding carboxylic acids is 5. The van der Waals surface area contributed by atoms with E-state index in [-0.39, 0.29) is 64.0 Å². The number of hydrogen-bond donors (Lipinski definition) is 4. The molecule has 2 atom stereocenters. The number of allylic oxidation sites excluding steroid dienone is 4. The second kappa shape index (κ2) is 46.3. The van der Waals surface area contributed by atoms with Crippen LogP contribution in [-0.4, -0.2) is 80.4 Å². The Kier molecular flexibility index (Phi) is 41.0. The van der Waals surface area contributed by atoms with E-state index in [1.54, 1.807) is 4.90 Å². The average Bonchev–Trinajstić information content (AvgIpc) is 3.44. The number of rotatable bonds is 46. The van der Waals surface area contributed by atoms with Crippen LogP contribution in [-0.2, 0) is 53.5 Å². The number of ether oxygens (including phenoxy) is 3. The lowest BCUT2D eigenvalue weighted by Crippen LogP contribution is -2.34. The summed E-state index contributed by atoms with van der Waals surface area (Å²) in [6.45, 7) is 3.01. The molecule has 0 radical (unpaired) electrons. The van der Waals surface area contributed by atoms with Crippen LogP contribution in [0.1, 0.15) is 223 Å². The highest BCUT2D eigenvalue weighted by molar-refractivity contribution is 7.47. The molecule has 80 heavy (non-hydrogen) atoms. The van der Waals surface area contributed by atoms with Gasteiger partial charge in [0.1, 0.15) is 13.2 Å². The summed E-state index contributed by atoms with van der Waals surface area (Å²) in [6.07, 6.45) is 36.8. The molecule has 1 aliphatic heterocycles. The van der Waals surface area contributed by atoms with Crippen molar-refractivity contribution in [1.29, 1.82) is 0 Å². The number of nitrogens with one attached hydrogen (secondary N) is 2. The lowest BCUT2D eigenvalue weighted by Gasteiger charge is -2.26. The fourth-order valence-corrected chi connectivity index (χ4v) is 9.62. The Labute approximate surface area is 479 Å². The molecule has 16 nitrogen and oxygen atoms in total. The molecule has 1 heterocycles. The molecule has 1 unspecified atom stereocenters. The summed E-state index contributed by atoms with van der Waals surface area (Å²) < 4.78 is 39.1. The molecule has 0 saturated heterocycles. The third kappa shape index (κ3) is 35.4. The van der Waals surface area contributed by atoms with Gasteiger partial charge in [0.15, 0.2) is 6.10 Å². The standard InChI is InChI=1S/C63H96N3O12P.H3N/c1-3-5-7-9-11-13-15-17-19-21-23-25-27-29-31-41-61(69)75-52-57(78-62(70)42-32-30-28-26-24-22-20-18-16-14-12-10-8-6-4-2)53-77-79(72,73)76-50-48-65-63(71)74-49-47-64-59(67)45-46-60(68)66-51-56-39-34-33-37-54(56)43-44-55-38-35-36-40-58(55)66;/h17-20,33-40,57H,3-16,21-32,41-42,45-53H2,1-2H3,(H,64,67)(H,65,71)(H,72,73);1H3/b19-17-,20-18-;/t57-;/m1./s1. The third-order valence-corrected chi connectivity index (χ3v) is 14.4. The van der Waals surface area contributed by atoms with Crippen LogP contribution in [0, 0.1) is 11.8 Å². The Morgan fingerprint density at radius 3 is 1.68 bits per heavy atom. The van der Waals surface area contributed by atoms with Crippen LogP contribution >= 0.6 is 7.82 Å². The summed E-state index contributed by atoms with van der Waals surface area (Å²) in [5.74, 6) is 4.72. The minimum absolute atomic E-state index is 0. The van der Waals surface area contributed by atoms with Crippen molar-refractivity contribution in [1.82, 2.24) is 16.8 Å². The van der Waals surface area contributed by atoms with Crippen molar-refractivity contribution in [2.45, 2.75) is 219 Å². The van der Waals surface area contributed by atoms with Crippen molar-refractivity contribution in [3.63, 3.8) is 0 Å². The zero-order chi connectivity index (χ0) is 56.9. The quantitative estimate of drug-likeness (QED) is 0.0121. The molecule has 3 amide bonds. The summed E-state index contributed by atoms with van der Waals surface area (Å²) in [4.78, 5) is 76.0. The van der Waals surface area contributed by atoms with Crippen LogP contribution in [0.4, 0.5) is 10.5 Å². The largest absolute Gasteiger partial charge is 0.472 e. The van der Waals surface area contributed by atoms with Crippen molar-refractivity contribution >= 4 is 43.4 Å². The van der Waals surface area contributed by atoms with E-state index in [0.717, 1.165) is 88.2 Å². The minimum Gasteiger partial charge on any atom is -0.462 e. The van der Waals surface area contributed by atoms with Crippen LogP contribution in [0.5, 0.6) is 0 Å². The summed E-state index contributed by atoms with van der Waals surface area (Å²) in [5, 5.41) is 5.03. The monoisotopic (exact) mass is 1130 g/mol. The van der Waals surface area contributed by atoms with E-state index in [1.807, 2.05) is 48.5 Å². The third-order valence-electron chi connectivity index (χ3n) is 13.5. The number of benzene rings is 2. The topological polar surface area (TPSA) is 231 Å². The molecule has 2 aromatic carbocycles. The number of hydrogen-bond acceptors (Lipinski definition) is 12. The van der Waals surface area contributed by atoms with Gasteiger partial charge in [0.05, 0.1) is 32.0 Å². The van der Waals surface area contributed by atoms with Crippen LogP contribution in [0.15, 0.2) is 72.8 Å². The highest BCUT2D eigenvalue weighted by Crippen LogP contribution is 2.43. The van der Waals surface area contributed by atoms with E-state index < -0.39 is 51.1 Å². The number of carbonyl (C=O) groups is 5. The van der Waals surface area contributed by atoms with Crippen LogP contribution in [0.3, 0.4) is 0 Å². The lowest BCUT2D eigenvalue weighted by molar-refractivity contribution is -0.161. The molecule has 6 N–H and O–H groups in total. The summed E-state index contributed by atoms with van der Waals surface area (Å²) >= 11 is 0. The number of esters is 2. The van der Waals surface area contributed by atoms with E-state index in [2.05, 4.69) is 60.6 Å². The SMILES string of the molecule is CCCCCCCC/C=C\CCCCCCCC(=O)OC[C@H](COP(=O)(O)OCCNC(=O)OCCNC(=O)CCC(=O)N1Cc2ccccc2C#Cc2ccccc21)OC(=O)CCCCCCC/C=C\CCCCCCCC.N. The van der Waals surface area contributed by atoms with Gasteiger partial charge in [-0.15, -0.1) is 0 Å². The Morgan fingerprint density at radius 1 is 0.575 bits per heavy atom. The molecule has 0 fully saturated rings. The molecule has 448 valence electrons. The van der Waals surface area contributed by atoms with Crippen molar-refractivity contribution in [2.24, 2.45) is 0 Å². The van der Waals surface area contributed by atoms with Crippen LogP contribution in [0.25, 0.3) is 0 Å². The number of unbranched alkanes of at least 4 members (excludes halogenated alkanes) is 22. The predicted octanol–water partition coefficient (Wildman–Crippen LogP) is 14.4. The maximum Gasteiger partial charge on any atom is 0.472 e. The van der Waals surface area contributed by atoms with E-state index >= 15 is 0 Å². The fraction of sp³-hybridized carbons (Fsp3) is 0.635. The minimum atomic E-state index is -4.71. The number of phosphoric ester groups is 1. The molecule has 0 spiro atoms. The predicted molar refractivity (Wildman–Crippen MR) is 318 cm³/mol. The van der Waals surface area contributed by atoms with Crippen LogP contribution < -0.4 is 21.7 Å². The Balaban J connectivity index is 0.0000219. The second-order valence-corrected chi connectivity index (χ2v) is 21.8. The number of phosphoric acid groups is 1. The van der Waals surface area contributed by atoms with Crippen LogP contribution in [0.2, 0.25) is 0 Å². The molecule has 0 aliphatic carbocycles. The van der Waals surface area contributed by atoms with Gasteiger partial charge in [-0.05, 0) is 88.0 Å². The van der Waals surface area contributed by atoms with Gasteiger partial charge in [0.2, 0.25) is 11.8 Å². The van der Waals surface area contributed by atoms with Crippen molar-refractivity contribution in [2.75, 3.05) is 44.4 Å². The molecule has 0 aromatic heterocycles. The fourth-order valence-electron chi connectivity index (χ4n) is 8.86. The highest BCUT2D eigenvalue weighted by atomic mass is 31.2. The number of anilines is 1. The van der Waals surface area contributed by atoms with Crippen molar-refractivity contribution < 1.29 is 56.7 Å². The smallest absolute Gasteiger partial charge is 0.462 e. The maximum absolute atomic E-state index is 13.4. The zero-order valence-electron chi connectivity index (χ0n) is 48.7. The normalized spacial score (nSPS) is 12.9. The molecule has 0 saturated carbocycles. The van der Waals surface area contributed by atoms with Gasteiger partial charge in [-0.25, -0.2) is 9.36 Å². The van der Waals surface area contributed by atoms with Gasteiger partial charge in [-0.2, -0.15) is 0 Å². The first-order chi connectivity index (χ1) is 38.5. The van der Waals surface area contributed by atoms with E-state index in [0.29, 0.717) is 30.6 Å². The summed E-state index contributed by atoms with van der Waals surface area (Å²) in [5.41, 5.74) is 3.13. The molecule has 17 heteroatoms. The number of amides is 3. The second-order valence-electron chi connectivity index (χ2n) is 20.4. The Hall–Kier alpha value is -5.30. The van der Waals surface area contributed by atoms with Gasteiger partial charge in [0.25, 0.3) is 0 Å². The summed E-state index contributed by atoms with van der Waals surface area (Å²) in [6, 6.07) is 15.0. The molecule has 0 bridgehead atoms. The van der Waals surface area contributed by atoms with Crippen molar-refractivity contribution in [3.8, 4) is 11.8 Å². The molecular formula is C63H99N4O12P. The molecule has 2 aromatic rings. The van der Waals surface area contributed by atoms with Gasteiger partial charge >= 0.3 is 25.9 Å². The number of nitrogens with zero attached hydrogens (tertiary/aromatic N) is 1. The lowest BCUT2D eigenvalue weighted by atomic mass is 10.0. The first-order valence-electron chi connectivity index (χ1n) is 29.9. The molecule has 1 aliphatic rings. The maximum atomic E-state index is 13.4. The van der Waals surface area contributed by atoms with Gasteiger partial charge in [-0.3, -0.25) is 28.2 Å². The Morgan fingerprint density at radius 2 is 1.07 bits per heavy atom.